The van der Waals surface area contributed by atoms with Crippen molar-refractivity contribution >= 4 is 26.7 Å². The van der Waals surface area contributed by atoms with Gasteiger partial charge >= 0.3 is 0 Å². The zero-order chi connectivity index (χ0) is 42.4. The zero-order valence-corrected chi connectivity index (χ0v) is 36.3. The highest BCUT2D eigenvalue weighted by Crippen LogP contribution is 2.27. The van der Waals surface area contributed by atoms with Crippen molar-refractivity contribution in [1.29, 1.82) is 0 Å². The van der Waals surface area contributed by atoms with Crippen LogP contribution in [0.3, 0.4) is 0 Å². The Bertz CT molecular complexity index is 1250. The summed E-state index contributed by atoms with van der Waals surface area (Å²) >= 11 is 0. The number of carbonyl (C=O) groups is 1. The minimum Gasteiger partial charge on any atom is -0.726 e. The van der Waals surface area contributed by atoms with Gasteiger partial charge in [-0.3, -0.25) is 13.2 Å². The van der Waals surface area contributed by atoms with Crippen molar-refractivity contribution in [3.8, 4) is 0 Å². The van der Waals surface area contributed by atoms with Gasteiger partial charge in [0.1, 0.15) is 24.4 Å². The van der Waals surface area contributed by atoms with Crippen molar-refractivity contribution in [3.05, 3.63) is 12.2 Å². The van der Waals surface area contributed by atoms with Crippen LogP contribution in [0.5, 0.6) is 0 Å². The predicted molar refractivity (Wildman–Crippen MR) is 215 cm³/mol. The average Bonchev–Trinajstić information content (AvgIpc) is 3.14. The van der Waals surface area contributed by atoms with E-state index in [4.69, 9.17) is 9.47 Å². The largest absolute Gasteiger partial charge is 0.726 e. The molecular weight excluding hydrogens is 783 g/mol. The molecule has 1 aliphatic heterocycles. The van der Waals surface area contributed by atoms with Gasteiger partial charge in [-0.05, 0) is 19.3 Å². The highest BCUT2D eigenvalue weighted by Gasteiger charge is 2.47. The first-order valence-electron chi connectivity index (χ1n) is 21.7. The molecule has 0 aromatic carbocycles. The van der Waals surface area contributed by atoms with E-state index in [1.54, 1.807) is 0 Å². The number of hydrogen-bond acceptors (Lipinski definition) is 14. The van der Waals surface area contributed by atoms with Crippen LogP contribution < -0.4 is 5.32 Å². The molecule has 0 saturated carbocycles. The van der Waals surface area contributed by atoms with Crippen LogP contribution >= 0.6 is 0 Å². The third-order valence-corrected chi connectivity index (χ3v) is 11.1. The fourth-order valence-electron chi connectivity index (χ4n) is 6.88. The molecule has 1 aliphatic rings. The summed E-state index contributed by atoms with van der Waals surface area (Å²) < 4.78 is 86.6. The average molecular weight is 858 g/mol. The van der Waals surface area contributed by atoms with Gasteiger partial charge in [-0.2, -0.15) is 0 Å². The van der Waals surface area contributed by atoms with Crippen molar-refractivity contribution in [3.63, 3.8) is 0 Å². The molecule has 0 aromatic heterocycles. The molecule has 15 nitrogen and oxygen atoms in total. The van der Waals surface area contributed by atoms with Gasteiger partial charge in [-0.15, -0.1) is 0 Å². The molecule has 0 radical (unpaired) electrons. The maximum absolute atomic E-state index is 13.0. The van der Waals surface area contributed by atoms with E-state index in [0.717, 1.165) is 44.9 Å². The lowest BCUT2D eigenvalue weighted by atomic mass is 9.99. The molecule has 1 fully saturated rings. The molecule has 0 aromatic rings. The fraction of sp³-hybridized carbons (Fsp3) is 0.925. The second-order valence-electron chi connectivity index (χ2n) is 15.4. The Balaban J connectivity index is 2.74. The molecule has 1 saturated heterocycles. The van der Waals surface area contributed by atoms with Crippen molar-refractivity contribution in [2.24, 2.45) is 0 Å². The van der Waals surface area contributed by atoms with Crippen LogP contribution in [0.2, 0.25) is 0 Å². The number of rotatable bonds is 37. The third kappa shape index (κ3) is 28.8. The van der Waals surface area contributed by atoms with E-state index < -0.39 is 76.9 Å². The van der Waals surface area contributed by atoms with Crippen LogP contribution in [0, 0.1) is 0 Å². The molecule has 338 valence electrons. The normalized spacial score (nSPS) is 21.6. The van der Waals surface area contributed by atoms with E-state index in [0.29, 0.717) is 12.8 Å². The molecule has 57 heavy (non-hydrogen) atoms. The van der Waals surface area contributed by atoms with Gasteiger partial charge in [-0.25, -0.2) is 16.8 Å². The Morgan fingerprint density at radius 2 is 1.16 bits per heavy atom. The van der Waals surface area contributed by atoms with E-state index in [1.165, 1.54) is 109 Å². The van der Waals surface area contributed by atoms with Gasteiger partial charge in [0.05, 0.1) is 25.4 Å². The number of hydrogen-bond donors (Lipinski definition) is 4. The molecule has 4 N–H and O–H groups in total. The number of aliphatic hydroxyl groups excluding tert-OH is 3. The van der Waals surface area contributed by atoms with E-state index in [-0.39, 0.29) is 12.3 Å². The van der Waals surface area contributed by atoms with Crippen LogP contribution in [-0.2, 0) is 43.4 Å². The Morgan fingerprint density at radius 3 is 1.61 bits per heavy atom. The first-order valence-corrected chi connectivity index (χ1v) is 24.4. The minimum absolute atomic E-state index is 0.193. The van der Waals surface area contributed by atoms with Crippen LogP contribution in [0.25, 0.3) is 0 Å². The molecule has 17 heteroatoms. The molecule has 1 rings (SSSR count). The highest BCUT2D eigenvalue weighted by molar-refractivity contribution is 7.81. The summed E-state index contributed by atoms with van der Waals surface area (Å²) in [4.78, 5) is 13.0. The number of amides is 1. The summed E-state index contributed by atoms with van der Waals surface area (Å²) in [7, 11) is -10.8. The SMILES string of the molecule is CCCCCCCCCCCCC/C=C/[C@@H](O)[C@H](COC1OC(COS(=O)(=O)[O-])C(O)C(OS(=O)(=O)[O-])C1O)NC(=O)CCCCCCCCCCCCCCC. The summed E-state index contributed by atoms with van der Waals surface area (Å²) in [6.45, 7) is 2.80. The van der Waals surface area contributed by atoms with Crippen molar-refractivity contribution in [2.45, 2.75) is 224 Å². The third-order valence-electron chi connectivity index (χ3n) is 10.3. The Hall–Kier alpha value is -1.25. The first kappa shape index (κ1) is 53.8. The lowest BCUT2D eigenvalue weighted by Gasteiger charge is -2.42. The minimum atomic E-state index is -5.50. The molecule has 1 heterocycles. The second-order valence-corrected chi connectivity index (χ2v) is 17.5. The maximum Gasteiger partial charge on any atom is 0.220 e. The topological polar surface area (TPSA) is 241 Å². The number of unbranched alkanes of at least 4 members (excludes halogenated alkanes) is 23. The summed E-state index contributed by atoms with van der Waals surface area (Å²) in [5, 5.41) is 35.1. The maximum atomic E-state index is 13.0. The first-order chi connectivity index (χ1) is 27.2. The zero-order valence-electron chi connectivity index (χ0n) is 34.6. The lowest BCUT2D eigenvalue weighted by Crippen LogP contribution is -2.61. The number of carbonyl (C=O) groups excluding carboxylic acids is 1. The standard InChI is InChI=1S/C40H77NO14S2/c1-3-5-7-9-11-13-15-17-19-21-23-25-27-29-34(42)33(41-36(43)30-28-26-24-22-20-18-16-14-12-10-8-6-4-2)31-52-40-38(45)39(55-57(49,50)51)37(44)35(54-40)32-53-56(46,47)48/h27,29,33-35,37-40,42,44-45H,3-26,28,30-32H2,1-2H3,(H,41,43)(H,46,47,48)(H,49,50,51)/p-2/b29-27+/t33-,34+,35?,37?,38?,39?,40?/m0/s1. The van der Waals surface area contributed by atoms with E-state index in [1.807, 2.05) is 6.08 Å². The van der Waals surface area contributed by atoms with Crippen LogP contribution in [-0.4, -0.2) is 103 Å². The highest BCUT2D eigenvalue weighted by atomic mass is 32.3. The van der Waals surface area contributed by atoms with Gasteiger partial charge in [-0.1, -0.05) is 167 Å². The Kier molecular flexibility index (Phi) is 30.7. The lowest BCUT2D eigenvalue weighted by molar-refractivity contribution is -0.297. The van der Waals surface area contributed by atoms with Gasteiger partial charge in [0.2, 0.25) is 26.7 Å². The molecule has 5 unspecified atom stereocenters. The number of ether oxygens (including phenoxy) is 2. The summed E-state index contributed by atoms with van der Waals surface area (Å²) in [6.07, 6.45) is 21.1. The molecule has 7 atom stereocenters. The molecule has 0 spiro atoms. The summed E-state index contributed by atoms with van der Waals surface area (Å²) in [5.41, 5.74) is 0. The van der Waals surface area contributed by atoms with Crippen molar-refractivity contribution in [1.82, 2.24) is 5.32 Å². The second kappa shape index (κ2) is 32.5. The Labute approximate surface area is 344 Å². The number of aliphatic hydroxyl groups is 3. The van der Waals surface area contributed by atoms with Gasteiger partial charge in [0.15, 0.2) is 6.29 Å². The monoisotopic (exact) mass is 857 g/mol. The number of nitrogens with one attached hydrogen (secondary N) is 1. The summed E-state index contributed by atoms with van der Waals surface area (Å²) in [6, 6.07) is -1.07. The van der Waals surface area contributed by atoms with Gasteiger partial charge in [0.25, 0.3) is 0 Å². The molecule has 1 amide bonds. The molecule has 0 aliphatic carbocycles. The summed E-state index contributed by atoms with van der Waals surface area (Å²) in [5.74, 6) is -0.351. The van der Waals surface area contributed by atoms with Crippen molar-refractivity contribution in [2.75, 3.05) is 13.2 Å². The van der Waals surface area contributed by atoms with Crippen LogP contribution in [0.4, 0.5) is 0 Å². The smallest absolute Gasteiger partial charge is 0.220 e. The fourth-order valence-corrected chi connectivity index (χ4v) is 7.68. The predicted octanol–water partition coefficient (Wildman–Crippen LogP) is 6.36. The van der Waals surface area contributed by atoms with Crippen LogP contribution in [0.15, 0.2) is 12.2 Å². The number of allylic oxidation sites excluding steroid dienone is 1. The molecular formula is C40H75NO14S2-2. The van der Waals surface area contributed by atoms with Gasteiger partial charge < -0.3 is 39.2 Å². The van der Waals surface area contributed by atoms with Crippen LogP contribution in [0.1, 0.15) is 181 Å². The van der Waals surface area contributed by atoms with E-state index in [9.17, 15) is 46.1 Å². The molecule has 0 bridgehead atoms. The van der Waals surface area contributed by atoms with E-state index >= 15 is 0 Å². The van der Waals surface area contributed by atoms with Crippen molar-refractivity contribution < 1.29 is 63.9 Å². The Morgan fingerprint density at radius 1 is 0.702 bits per heavy atom. The van der Waals surface area contributed by atoms with E-state index in [2.05, 4.69) is 27.5 Å². The quantitative estimate of drug-likeness (QED) is 0.0230. The van der Waals surface area contributed by atoms with Gasteiger partial charge in [0, 0.05) is 6.42 Å².